The number of nitrogens with zero attached hydrogens (tertiary/aromatic N) is 4. The second-order valence-electron chi connectivity index (χ2n) is 12.6. The van der Waals surface area contributed by atoms with E-state index in [-0.39, 0.29) is 35.7 Å². The van der Waals surface area contributed by atoms with Crippen molar-refractivity contribution in [2.24, 2.45) is 38.3 Å². The summed E-state index contributed by atoms with van der Waals surface area (Å²) in [5.74, 6) is 5.69. The van der Waals surface area contributed by atoms with Gasteiger partial charge in [-0.25, -0.2) is 5.53 Å². The number of rotatable bonds is 13. The van der Waals surface area contributed by atoms with Crippen LogP contribution < -0.4 is 11.2 Å². The van der Waals surface area contributed by atoms with Gasteiger partial charge in [-0.3, -0.25) is 14.6 Å². The van der Waals surface area contributed by atoms with Gasteiger partial charge in [0.2, 0.25) is 0 Å². The Hall–Kier alpha value is -2.82. The first kappa shape index (κ1) is 35.7. The van der Waals surface area contributed by atoms with Crippen LogP contribution in [0.2, 0.25) is 0 Å². The predicted octanol–water partition coefficient (Wildman–Crippen LogP) is 8.30. The first-order valence-corrected chi connectivity index (χ1v) is 16.7. The quantitative estimate of drug-likeness (QED) is 0.0489. The summed E-state index contributed by atoms with van der Waals surface area (Å²) in [7, 11) is 0. The largest absolute Gasteiger partial charge is 0.344 e. The molecule has 44 heavy (non-hydrogen) atoms. The molecule has 1 unspecified atom stereocenters. The second kappa shape index (κ2) is 15.5. The maximum absolute atomic E-state index is 14.4. The molecule has 1 saturated carbocycles. The summed E-state index contributed by atoms with van der Waals surface area (Å²) in [4.78, 5) is 36.0. The molecular formula is C32H45Cl2N7O2S. The average Bonchev–Trinajstić information content (AvgIpc) is 3.58. The molecule has 2 aliphatic rings. The topological polar surface area (TPSA) is 136 Å². The van der Waals surface area contributed by atoms with E-state index in [0.717, 1.165) is 49.8 Å². The van der Waals surface area contributed by atoms with Gasteiger partial charge in [0.1, 0.15) is 11.4 Å². The van der Waals surface area contributed by atoms with Crippen LogP contribution in [-0.2, 0) is 4.79 Å². The van der Waals surface area contributed by atoms with Crippen molar-refractivity contribution in [3.05, 3.63) is 56.8 Å². The molecule has 0 saturated heterocycles. The number of nitrogens with one attached hydrogen (secondary N) is 2. The third-order valence-electron chi connectivity index (χ3n) is 9.02. The van der Waals surface area contributed by atoms with Crippen LogP contribution in [0.15, 0.2) is 62.2 Å². The van der Waals surface area contributed by atoms with Gasteiger partial charge in [0.25, 0.3) is 11.8 Å². The summed E-state index contributed by atoms with van der Waals surface area (Å²) in [5, 5.41) is 9.67. The highest BCUT2D eigenvalue weighted by molar-refractivity contribution is 7.14. The van der Waals surface area contributed by atoms with E-state index in [2.05, 4.69) is 56.7 Å². The molecule has 1 aromatic heterocycles. The van der Waals surface area contributed by atoms with Crippen LogP contribution in [0.4, 0.5) is 0 Å². The number of hydrogen-bond donors (Lipinski definition) is 3. The number of halogens is 2. The molecule has 1 atom stereocenters. The molecule has 1 spiro atoms. The third kappa shape index (κ3) is 8.25. The highest BCUT2D eigenvalue weighted by Crippen LogP contribution is 2.51. The number of allylic oxidation sites excluding steroid dienone is 3. The molecule has 1 aliphatic heterocycles. The van der Waals surface area contributed by atoms with Crippen LogP contribution in [0.1, 0.15) is 100 Å². The number of hydrogen-bond acceptors (Lipinski definition) is 7. The number of amides is 2. The highest BCUT2D eigenvalue weighted by Gasteiger charge is 2.53. The molecule has 1 aliphatic carbocycles. The summed E-state index contributed by atoms with van der Waals surface area (Å²) in [5.41, 5.74) is 8.67. The van der Waals surface area contributed by atoms with E-state index in [9.17, 15) is 9.59 Å². The number of aliphatic imine (C=N–C) groups is 1. The van der Waals surface area contributed by atoms with Crippen molar-refractivity contribution in [3.63, 3.8) is 0 Å². The second-order valence-corrected chi connectivity index (χ2v) is 14.4. The van der Waals surface area contributed by atoms with Gasteiger partial charge in [0, 0.05) is 15.4 Å². The summed E-state index contributed by atoms with van der Waals surface area (Å²) >= 11 is 13.4. The standard InChI is InChI=1S/C32H45Cl2N7O2S/c1-7-31(5,6)22-12-15-32(16-13-22)38-28(21(4)18-23(34)14-17-33)30(43)41(32)24(9-8-20(2)3)25-10-11-26(44-25)29(42)37-19-27(39-35)40-36/h10-11,14,17-18,20,22,24,35H,4,7-9,12-13,15-16,19,36H2,1-3,5-6H3,(H,37,42)/b17-14+,23-18+,39-35?,40-27-. The van der Waals surface area contributed by atoms with Gasteiger partial charge < -0.3 is 16.1 Å². The van der Waals surface area contributed by atoms with Gasteiger partial charge in [-0.05, 0) is 85.6 Å². The Kier molecular flexibility index (Phi) is 12.5. The van der Waals surface area contributed by atoms with E-state index in [0.29, 0.717) is 33.0 Å². The molecule has 1 aromatic rings. The van der Waals surface area contributed by atoms with Crippen LogP contribution in [0.25, 0.3) is 0 Å². The smallest absolute Gasteiger partial charge is 0.275 e. The van der Waals surface area contributed by atoms with Gasteiger partial charge in [-0.1, -0.05) is 70.8 Å². The lowest BCUT2D eigenvalue weighted by atomic mass is 9.67. The summed E-state index contributed by atoms with van der Waals surface area (Å²) < 4.78 is 0. The first-order valence-electron chi connectivity index (χ1n) is 15.1. The molecular weight excluding hydrogens is 617 g/mol. The summed E-state index contributed by atoms with van der Waals surface area (Å²) in [6, 6.07) is 3.41. The van der Waals surface area contributed by atoms with Crippen molar-refractivity contribution in [2.75, 3.05) is 6.54 Å². The molecule has 0 aromatic carbocycles. The SMILES string of the molecule is C=C(/C=C(Cl)\C=C\Cl)C1=NC2(CCC(C(C)(C)CC)CC2)N(C(CCC(C)C)c2ccc(C(=O)NC/C(N=N)=N/N)s2)C1=O. The maximum Gasteiger partial charge on any atom is 0.275 e. The predicted molar refractivity (Wildman–Crippen MR) is 181 cm³/mol. The summed E-state index contributed by atoms with van der Waals surface area (Å²) in [6.07, 6.45) is 9.26. The van der Waals surface area contributed by atoms with Gasteiger partial charge in [-0.15, -0.1) is 16.5 Å². The Morgan fingerprint density at radius 1 is 1.34 bits per heavy atom. The Bertz CT molecular complexity index is 1350. The average molecular weight is 663 g/mol. The molecule has 0 radical (unpaired) electrons. The normalized spacial score (nSPS) is 22.2. The fraction of sp³-hybridized carbons (Fsp3) is 0.562. The van der Waals surface area contributed by atoms with Crippen LogP contribution in [0.5, 0.6) is 0 Å². The van der Waals surface area contributed by atoms with Crippen molar-refractivity contribution in [2.45, 2.75) is 91.3 Å². The minimum atomic E-state index is -0.714. The molecule has 0 bridgehead atoms. The van der Waals surface area contributed by atoms with Crippen LogP contribution in [-0.4, -0.2) is 40.5 Å². The number of nitrogens with two attached hydrogens (primary N) is 1. The zero-order chi connectivity index (χ0) is 32.7. The van der Waals surface area contributed by atoms with Crippen LogP contribution in [0, 0.1) is 22.8 Å². The minimum absolute atomic E-state index is 0.0111. The van der Waals surface area contributed by atoms with Gasteiger partial charge >= 0.3 is 0 Å². The number of hydrazone groups is 1. The molecule has 12 heteroatoms. The molecule has 2 heterocycles. The Labute approximate surface area is 275 Å². The number of thiophene rings is 1. The first-order chi connectivity index (χ1) is 20.8. The molecule has 240 valence electrons. The van der Waals surface area contributed by atoms with Crippen molar-refractivity contribution in [1.29, 1.82) is 5.53 Å². The lowest BCUT2D eigenvalue weighted by Gasteiger charge is -2.48. The lowest BCUT2D eigenvalue weighted by molar-refractivity contribution is -0.133. The van der Waals surface area contributed by atoms with E-state index in [1.165, 1.54) is 22.9 Å². The van der Waals surface area contributed by atoms with Crippen LogP contribution >= 0.6 is 34.5 Å². The van der Waals surface area contributed by atoms with Crippen molar-refractivity contribution >= 4 is 57.9 Å². The fourth-order valence-corrected chi connectivity index (χ4v) is 7.45. The van der Waals surface area contributed by atoms with E-state index < -0.39 is 5.66 Å². The Morgan fingerprint density at radius 3 is 2.59 bits per heavy atom. The van der Waals surface area contributed by atoms with Gasteiger partial charge in [-0.2, -0.15) is 5.10 Å². The number of amidine groups is 1. The van der Waals surface area contributed by atoms with Gasteiger partial charge in [0.15, 0.2) is 5.84 Å². The van der Waals surface area contributed by atoms with Crippen molar-refractivity contribution in [3.8, 4) is 0 Å². The molecule has 1 fully saturated rings. The molecule has 9 nitrogen and oxygen atoms in total. The minimum Gasteiger partial charge on any atom is -0.344 e. The van der Waals surface area contributed by atoms with Crippen molar-refractivity contribution < 1.29 is 9.59 Å². The molecule has 3 rings (SSSR count). The molecule has 2 amide bonds. The van der Waals surface area contributed by atoms with Crippen molar-refractivity contribution in [1.82, 2.24) is 10.2 Å². The van der Waals surface area contributed by atoms with Gasteiger partial charge in [0.05, 0.1) is 17.5 Å². The summed E-state index contributed by atoms with van der Waals surface area (Å²) in [6.45, 7) is 15.3. The van der Waals surface area contributed by atoms with Crippen LogP contribution in [0.3, 0.4) is 0 Å². The zero-order valence-electron chi connectivity index (χ0n) is 26.3. The number of carbonyl (C=O) groups is 2. The highest BCUT2D eigenvalue weighted by atomic mass is 35.5. The Balaban J connectivity index is 2.04. The third-order valence-corrected chi connectivity index (χ3v) is 10.6. The monoisotopic (exact) mass is 661 g/mol. The lowest BCUT2D eigenvalue weighted by Crippen LogP contribution is -2.51. The fourth-order valence-electron chi connectivity index (χ4n) is 6.00. The van der Waals surface area contributed by atoms with E-state index in [1.807, 2.05) is 11.0 Å². The number of carbonyl (C=O) groups excluding carboxylic acids is 2. The molecule has 4 N–H and O–H groups in total. The van der Waals surface area contributed by atoms with E-state index in [4.69, 9.17) is 39.6 Å². The van der Waals surface area contributed by atoms with E-state index >= 15 is 0 Å². The maximum atomic E-state index is 14.4. The van der Waals surface area contributed by atoms with E-state index in [1.54, 1.807) is 12.1 Å². The zero-order valence-corrected chi connectivity index (χ0v) is 28.7. The Morgan fingerprint density at radius 2 is 2.02 bits per heavy atom.